The summed E-state index contributed by atoms with van der Waals surface area (Å²) in [5.74, 6) is 1.53. The highest BCUT2D eigenvalue weighted by molar-refractivity contribution is 5.98. The minimum atomic E-state index is -0.355. The monoisotopic (exact) mass is 394 g/mol. The Kier molecular flexibility index (Phi) is 4.79. The number of ether oxygens (including phenoxy) is 1. The fourth-order valence-corrected chi connectivity index (χ4v) is 3.69. The highest BCUT2D eigenvalue weighted by Crippen LogP contribution is 2.21. The number of nitrogen functional groups attached to an aromatic ring is 1. The number of aromatic amines is 1. The number of hydrogen-bond acceptors (Lipinski definition) is 5. The molecule has 0 atom stereocenters. The van der Waals surface area contributed by atoms with E-state index in [1.165, 1.54) is 0 Å². The Labute approximate surface area is 167 Å². The second kappa shape index (κ2) is 7.42. The maximum atomic E-state index is 12.8. The number of nitrogens with two attached hydrogens (primary N) is 1. The van der Waals surface area contributed by atoms with Gasteiger partial charge in [0.1, 0.15) is 17.8 Å². The smallest absolute Gasteiger partial charge is 0.277 e. The van der Waals surface area contributed by atoms with Gasteiger partial charge in [-0.1, -0.05) is 0 Å². The number of nitrogens with zero attached hydrogens (tertiary/aromatic N) is 4. The maximum absolute atomic E-state index is 12.8. The van der Waals surface area contributed by atoms with E-state index < -0.39 is 0 Å². The van der Waals surface area contributed by atoms with E-state index in [1.54, 1.807) is 19.4 Å². The number of carbonyl (C=O) groups is 1. The number of carbonyl (C=O) groups excluding carboxylic acids is 1. The van der Waals surface area contributed by atoms with Crippen LogP contribution in [0.3, 0.4) is 0 Å². The second-order valence-electron chi connectivity index (χ2n) is 6.61. The van der Waals surface area contributed by atoms with Crippen molar-refractivity contribution < 1.29 is 14.1 Å². The summed E-state index contributed by atoms with van der Waals surface area (Å²) in [6.45, 7) is 6.03. The lowest BCUT2D eigenvalue weighted by atomic mass is 10.3. The molecule has 4 rings (SSSR count). The van der Waals surface area contributed by atoms with Crippen LogP contribution in [0.15, 0.2) is 30.5 Å². The number of aromatic nitrogens is 5. The van der Waals surface area contributed by atoms with Gasteiger partial charge in [-0.25, -0.2) is 19.1 Å². The highest BCUT2D eigenvalue weighted by atomic mass is 16.5. The van der Waals surface area contributed by atoms with Crippen LogP contribution < -0.4 is 20.4 Å². The number of anilines is 1. The van der Waals surface area contributed by atoms with Crippen molar-refractivity contribution in [1.29, 1.82) is 0 Å². The normalized spacial score (nSPS) is 11.3. The molecule has 0 aliphatic rings. The van der Waals surface area contributed by atoms with E-state index >= 15 is 0 Å². The lowest BCUT2D eigenvalue weighted by Crippen LogP contribution is -2.40. The Balaban J connectivity index is 1.68. The van der Waals surface area contributed by atoms with Gasteiger partial charge < -0.3 is 20.8 Å². The number of fused-ring (bicyclic) bond motifs is 2. The fraction of sp³-hybridized carbons (Fsp3) is 0.300. The molecular weight excluding hydrogens is 370 g/mol. The van der Waals surface area contributed by atoms with E-state index in [9.17, 15) is 4.79 Å². The zero-order valence-electron chi connectivity index (χ0n) is 16.7. The van der Waals surface area contributed by atoms with Crippen molar-refractivity contribution in [2.45, 2.75) is 33.5 Å². The summed E-state index contributed by atoms with van der Waals surface area (Å²) in [5.41, 5.74) is 9.38. The summed E-state index contributed by atoms with van der Waals surface area (Å²) in [7, 11) is 1.65. The van der Waals surface area contributed by atoms with Crippen molar-refractivity contribution >= 4 is 33.9 Å². The Morgan fingerprint density at radius 3 is 2.86 bits per heavy atom. The Morgan fingerprint density at radius 1 is 1.31 bits per heavy atom. The van der Waals surface area contributed by atoms with Crippen LogP contribution in [0.5, 0.6) is 5.75 Å². The molecule has 1 aromatic carbocycles. The van der Waals surface area contributed by atoms with Gasteiger partial charge in [-0.15, -0.1) is 0 Å². The quantitative estimate of drug-likeness (QED) is 0.431. The minimum Gasteiger partial charge on any atom is -0.497 e. The zero-order chi connectivity index (χ0) is 20.5. The van der Waals surface area contributed by atoms with E-state index in [2.05, 4.69) is 43.3 Å². The Bertz CT molecular complexity index is 1210. The zero-order valence-corrected chi connectivity index (χ0v) is 16.7. The summed E-state index contributed by atoms with van der Waals surface area (Å²) in [6.07, 6.45) is 1.71. The standard InChI is InChI=1S/C20H23N7O2/c1-4-26-14-7-6-12(29-3)10-15(14)27(5-2)16(26)11-23-20(28)17-18(21)25-19-13(24-17)8-9-22-19/h6-10H,4-5,11H2,1-3H3,(H3-,21,22,23,24,25,28)/p+1. The molecule has 3 aromatic heterocycles. The van der Waals surface area contributed by atoms with Crippen LogP contribution in [0.1, 0.15) is 30.2 Å². The molecule has 0 spiro atoms. The number of methoxy groups -OCH3 is 1. The van der Waals surface area contributed by atoms with Crippen LogP contribution in [0.25, 0.3) is 22.2 Å². The molecule has 0 saturated heterocycles. The van der Waals surface area contributed by atoms with Crippen LogP contribution in [-0.2, 0) is 19.6 Å². The molecule has 9 heteroatoms. The molecule has 29 heavy (non-hydrogen) atoms. The summed E-state index contributed by atoms with van der Waals surface area (Å²) >= 11 is 0. The largest absolute Gasteiger partial charge is 0.497 e. The van der Waals surface area contributed by atoms with E-state index in [1.807, 2.05) is 18.2 Å². The van der Waals surface area contributed by atoms with Crippen LogP contribution in [-0.4, -0.2) is 32.5 Å². The predicted molar refractivity (Wildman–Crippen MR) is 110 cm³/mol. The second-order valence-corrected chi connectivity index (χ2v) is 6.61. The van der Waals surface area contributed by atoms with Crippen LogP contribution in [0.4, 0.5) is 5.82 Å². The van der Waals surface area contributed by atoms with Crippen molar-refractivity contribution in [3.63, 3.8) is 0 Å². The number of imidazole rings is 1. The summed E-state index contributed by atoms with van der Waals surface area (Å²) < 4.78 is 9.73. The SMILES string of the molecule is CCn1c(CNC(=O)c2nc3cc[nH]c3nc2N)[n+](CC)c2ccc(OC)cc21. The van der Waals surface area contributed by atoms with Gasteiger partial charge in [0.2, 0.25) is 0 Å². The third kappa shape index (κ3) is 3.14. The van der Waals surface area contributed by atoms with Crippen molar-refractivity contribution in [2.24, 2.45) is 0 Å². The molecule has 0 radical (unpaired) electrons. The number of benzene rings is 1. The first-order valence-electron chi connectivity index (χ1n) is 9.55. The van der Waals surface area contributed by atoms with Gasteiger partial charge in [0, 0.05) is 12.3 Å². The first kappa shape index (κ1) is 18.7. The number of nitrogens with one attached hydrogen (secondary N) is 2. The van der Waals surface area contributed by atoms with Gasteiger partial charge in [0.15, 0.2) is 28.2 Å². The van der Waals surface area contributed by atoms with Crippen molar-refractivity contribution in [3.8, 4) is 5.75 Å². The lowest BCUT2D eigenvalue weighted by Gasteiger charge is -2.07. The van der Waals surface area contributed by atoms with E-state index in [0.717, 1.165) is 35.7 Å². The van der Waals surface area contributed by atoms with E-state index in [-0.39, 0.29) is 17.4 Å². The van der Waals surface area contributed by atoms with E-state index in [4.69, 9.17) is 10.5 Å². The predicted octanol–water partition coefficient (Wildman–Crippen LogP) is 1.76. The molecule has 150 valence electrons. The van der Waals surface area contributed by atoms with Gasteiger partial charge in [-0.3, -0.25) is 4.79 Å². The number of aryl methyl sites for hydroxylation is 2. The molecule has 1 amide bonds. The average Bonchev–Trinajstić information content (AvgIpc) is 3.31. The first-order chi connectivity index (χ1) is 14.1. The van der Waals surface area contributed by atoms with Crippen molar-refractivity contribution in [2.75, 3.05) is 12.8 Å². The average molecular weight is 394 g/mol. The Morgan fingerprint density at radius 2 is 2.14 bits per heavy atom. The molecule has 4 aromatic rings. The number of amides is 1. The van der Waals surface area contributed by atoms with Crippen LogP contribution >= 0.6 is 0 Å². The molecule has 0 bridgehead atoms. The fourth-order valence-electron chi connectivity index (χ4n) is 3.69. The molecule has 0 saturated carbocycles. The lowest BCUT2D eigenvalue weighted by molar-refractivity contribution is -0.676. The van der Waals surface area contributed by atoms with Gasteiger partial charge in [-0.05, 0) is 32.0 Å². The third-order valence-electron chi connectivity index (χ3n) is 5.05. The Hall–Kier alpha value is -3.62. The van der Waals surface area contributed by atoms with Crippen molar-refractivity contribution in [3.05, 3.63) is 42.0 Å². The van der Waals surface area contributed by atoms with Crippen molar-refractivity contribution in [1.82, 2.24) is 24.8 Å². The number of rotatable bonds is 6. The molecular formula is C20H24N7O2+. The summed E-state index contributed by atoms with van der Waals surface area (Å²) in [4.78, 5) is 24.3. The third-order valence-corrected chi connectivity index (χ3v) is 5.05. The van der Waals surface area contributed by atoms with E-state index in [0.29, 0.717) is 17.7 Å². The van der Waals surface area contributed by atoms with Crippen LogP contribution in [0.2, 0.25) is 0 Å². The molecule has 9 nitrogen and oxygen atoms in total. The molecule has 0 aliphatic carbocycles. The molecule has 0 fully saturated rings. The summed E-state index contributed by atoms with van der Waals surface area (Å²) in [6, 6.07) is 7.75. The van der Waals surface area contributed by atoms with Crippen LogP contribution in [0, 0.1) is 0 Å². The highest BCUT2D eigenvalue weighted by Gasteiger charge is 2.25. The molecule has 3 heterocycles. The number of H-pyrrole nitrogens is 1. The topological polar surface area (TPSA) is 115 Å². The molecule has 0 aliphatic heterocycles. The molecule has 4 N–H and O–H groups in total. The van der Waals surface area contributed by atoms with Gasteiger partial charge >= 0.3 is 0 Å². The minimum absolute atomic E-state index is 0.0987. The van der Waals surface area contributed by atoms with Gasteiger partial charge in [0.05, 0.1) is 20.2 Å². The van der Waals surface area contributed by atoms with Gasteiger partial charge in [0.25, 0.3) is 11.7 Å². The maximum Gasteiger partial charge on any atom is 0.277 e. The molecule has 0 unspecified atom stereocenters. The summed E-state index contributed by atoms with van der Waals surface area (Å²) in [5, 5.41) is 2.95. The van der Waals surface area contributed by atoms with Gasteiger partial charge in [-0.2, -0.15) is 0 Å². The number of hydrogen-bond donors (Lipinski definition) is 3. The first-order valence-corrected chi connectivity index (χ1v) is 9.55.